The van der Waals surface area contributed by atoms with Crippen molar-refractivity contribution in [3.05, 3.63) is 24.2 Å². The first kappa shape index (κ1) is 22.3. The maximum absolute atomic E-state index is 12.3. The van der Waals surface area contributed by atoms with Gasteiger partial charge in [0.25, 0.3) is 0 Å². The van der Waals surface area contributed by atoms with Gasteiger partial charge in [0.2, 0.25) is 5.60 Å². The number of rotatable bonds is 4. The van der Waals surface area contributed by atoms with Crippen molar-refractivity contribution in [1.29, 1.82) is 5.26 Å². The van der Waals surface area contributed by atoms with Gasteiger partial charge in [-0.05, 0) is 44.7 Å². The lowest BCUT2D eigenvalue weighted by atomic mass is 9.92. The number of nitrogen functional groups attached to an aromatic ring is 1. The highest BCUT2D eigenvalue weighted by molar-refractivity contribution is 5.66. The lowest BCUT2D eigenvalue weighted by molar-refractivity contribution is -0.0840. The first-order valence-electron chi connectivity index (χ1n) is 10.7. The van der Waals surface area contributed by atoms with Crippen LogP contribution in [0.2, 0.25) is 0 Å². The third-order valence-electron chi connectivity index (χ3n) is 6.34. The molecule has 2 fully saturated rings. The van der Waals surface area contributed by atoms with Gasteiger partial charge >= 0.3 is 6.16 Å². The Hall–Kier alpha value is -2.94. The Labute approximate surface area is 184 Å². The van der Waals surface area contributed by atoms with E-state index in [2.05, 4.69) is 10.1 Å². The minimum Gasteiger partial charge on any atom is -0.431 e. The zero-order valence-corrected chi connectivity index (χ0v) is 17.8. The van der Waals surface area contributed by atoms with Crippen LogP contribution in [0, 0.1) is 11.3 Å². The summed E-state index contributed by atoms with van der Waals surface area (Å²) in [5.74, 6) is 0.182. The van der Waals surface area contributed by atoms with Crippen LogP contribution in [0.25, 0.3) is 5.52 Å². The Balaban J connectivity index is 1.48. The number of nitrogens with zero attached hydrogens (tertiary/aromatic N) is 4. The fraction of sp³-hybridized carbons (Fsp3) is 0.619. The predicted octanol–water partition coefficient (Wildman–Crippen LogP) is 1.42. The Morgan fingerprint density at radius 3 is 2.75 bits per heavy atom. The quantitative estimate of drug-likeness (QED) is 0.463. The highest BCUT2D eigenvalue weighted by Crippen LogP contribution is 2.40. The van der Waals surface area contributed by atoms with Gasteiger partial charge in [0.1, 0.15) is 48.4 Å². The molecule has 32 heavy (non-hydrogen) atoms. The minimum absolute atomic E-state index is 0.173. The van der Waals surface area contributed by atoms with E-state index in [1.807, 2.05) is 13.0 Å². The van der Waals surface area contributed by atoms with E-state index in [0.29, 0.717) is 5.52 Å². The van der Waals surface area contributed by atoms with Gasteiger partial charge in [-0.3, -0.25) is 0 Å². The maximum atomic E-state index is 12.3. The minimum atomic E-state index is -1.95. The van der Waals surface area contributed by atoms with Gasteiger partial charge < -0.3 is 30.2 Å². The van der Waals surface area contributed by atoms with Crippen LogP contribution in [0.1, 0.15) is 51.1 Å². The molecule has 2 aromatic rings. The summed E-state index contributed by atoms with van der Waals surface area (Å²) in [4.78, 5) is 16.2. The fourth-order valence-corrected chi connectivity index (χ4v) is 4.51. The standard InChI is InChI=1S/C21H27N5O6/c1-20(8-4-2-3-5-9-20)32-19(29)30-10-14-16(27)17(28)21(11-22,31-14)15-7-6-13-18(23)24-12-25-26(13)15/h6-7,12,14,16-17,27-28H,2-5,8-10H2,1H3,(H2,23,24,25)/t14-,16-,17-,21+/m1/s1. The highest BCUT2D eigenvalue weighted by atomic mass is 16.7. The van der Waals surface area contributed by atoms with Gasteiger partial charge in [-0.25, -0.2) is 14.3 Å². The SMILES string of the molecule is CC1(OC(=O)OC[C@H]2O[C@@](C#N)(c3ccc4c(N)ncnn34)[C@H](O)[C@@H]2O)CCCCCC1. The molecule has 172 valence electrons. The van der Waals surface area contributed by atoms with Crippen LogP contribution < -0.4 is 5.73 Å². The topological polar surface area (TPSA) is 165 Å². The highest BCUT2D eigenvalue weighted by Gasteiger charge is 2.58. The van der Waals surface area contributed by atoms with Crippen molar-refractivity contribution in [3.8, 4) is 6.07 Å². The van der Waals surface area contributed by atoms with Crippen molar-refractivity contribution in [2.75, 3.05) is 12.3 Å². The second-order valence-corrected chi connectivity index (χ2v) is 8.63. The zero-order valence-electron chi connectivity index (χ0n) is 17.8. The van der Waals surface area contributed by atoms with Gasteiger partial charge in [0.15, 0.2) is 5.82 Å². The number of anilines is 1. The molecule has 11 nitrogen and oxygen atoms in total. The van der Waals surface area contributed by atoms with E-state index in [1.165, 1.54) is 16.9 Å². The fourth-order valence-electron chi connectivity index (χ4n) is 4.51. The molecule has 0 amide bonds. The number of aromatic nitrogens is 3. The molecule has 1 saturated heterocycles. The Morgan fingerprint density at radius 2 is 2.06 bits per heavy atom. The Bertz CT molecular complexity index is 1030. The second kappa shape index (κ2) is 8.54. The number of hydrogen-bond donors (Lipinski definition) is 3. The predicted molar refractivity (Wildman–Crippen MR) is 110 cm³/mol. The van der Waals surface area contributed by atoms with E-state index in [-0.39, 0.29) is 11.5 Å². The van der Waals surface area contributed by atoms with Crippen LogP contribution in [0.5, 0.6) is 0 Å². The van der Waals surface area contributed by atoms with Gasteiger partial charge in [-0.15, -0.1) is 0 Å². The van der Waals surface area contributed by atoms with Crippen molar-refractivity contribution < 1.29 is 29.2 Å². The zero-order chi connectivity index (χ0) is 22.9. The number of ether oxygens (including phenoxy) is 3. The van der Waals surface area contributed by atoms with Crippen LogP contribution in [0.3, 0.4) is 0 Å². The first-order valence-corrected chi connectivity index (χ1v) is 10.7. The summed E-state index contributed by atoms with van der Waals surface area (Å²) in [6.45, 7) is 1.49. The van der Waals surface area contributed by atoms with E-state index in [0.717, 1.165) is 38.5 Å². The molecule has 0 radical (unpaired) electrons. The molecule has 0 bridgehead atoms. The van der Waals surface area contributed by atoms with Crippen LogP contribution in [0.15, 0.2) is 18.5 Å². The average Bonchev–Trinajstić information content (AvgIpc) is 3.22. The molecule has 1 aliphatic carbocycles. The number of aliphatic hydroxyl groups is 2. The molecule has 11 heteroatoms. The summed E-state index contributed by atoms with van der Waals surface area (Å²) in [6, 6.07) is 5.04. The smallest absolute Gasteiger partial charge is 0.431 e. The summed E-state index contributed by atoms with van der Waals surface area (Å²) in [6.07, 6.45) is 1.76. The molecule has 2 aromatic heterocycles. The van der Waals surface area contributed by atoms with Crippen LogP contribution in [0.4, 0.5) is 10.6 Å². The van der Waals surface area contributed by atoms with Crippen molar-refractivity contribution in [1.82, 2.24) is 14.6 Å². The Morgan fingerprint density at radius 1 is 1.34 bits per heavy atom. The molecule has 2 aliphatic rings. The molecular weight excluding hydrogens is 418 g/mol. The number of fused-ring (bicyclic) bond motifs is 1. The number of hydrogen-bond acceptors (Lipinski definition) is 10. The number of carbonyl (C=O) groups excluding carboxylic acids is 1. The Kier molecular flexibility index (Phi) is 5.94. The summed E-state index contributed by atoms with van der Waals surface area (Å²) >= 11 is 0. The van der Waals surface area contributed by atoms with Gasteiger partial charge in [-0.2, -0.15) is 10.4 Å². The van der Waals surface area contributed by atoms with Crippen molar-refractivity contribution in [2.24, 2.45) is 0 Å². The average molecular weight is 445 g/mol. The number of nitrogens with two attached hydrogens (primary N) is 1. The number of aliphatic hydroxyl groups excluding tert-OH is 2. The molecule has 1 aliphatic heterocycles. The van der Waals surface area contributed by atoms with Gasteiger partial charge in [0.05, 0.1) is 5.69 Å². The third kappa shape index (κ3) is 3.85. The molecule has 3 heterocycles. The lowest BCUT2D eigenvalue weighted by Crippen LogP contribution is -2.41. The molecule has 4 rings (SSSR count). The summed E-state index contributed by atoms with van der Waals surface area (Å²) < 4.78 is 17.8. The van der Waals surface area contributed by atoms with Crippen LogP contribution in [-0.2, 0) is 19.8 Å². The van der Waals surface area contributed by atoms with E-state index in [1.54, 1.807) is 6.07 Å². The number of nitriles is 1. The molecule has 4 atom stereocenters. The van der Waals surface area contributed by atoms with Crippen LogP contribution in [-0.4, -0.2) is 61.5 Å². The molecule has 0 unspecified atom stereocenters. The monoisotopic (exact) mass is 445 g/mol. The largest absolute Gasteiger partial charge is 0.508 e. The molecule has 4 N–H and O–H groups in total. The first-order chi connectivity index (χ1) is 15.3. The third-order valence-corrected chi connectivity index (χ3v) is 6.34. The summed E-state index contributed by atoms with van der Waals surface area (Å²) in [5.41, 5.74) is 3.89. The molecule has 1 saturated carbocycles. The maximum Gasteiger partial charge on any atom is 0.508 e. The van der Waals surface area contributed by atoms with E-state index >= 15 is 0 Å². The van der Waals surface area contributed by atoms with Crippen molar-refractivity contribution in [2.45, 2.75) is 75.0 Å². The van der Waals surface area contributed by atoms with Gasteiger partial charge in [0, 0.05) is 0 Å². The van der Waals surface area contributed by atoms with Gasteiger partial charge in [-0.1, -0.05) is 12.8 Å². The summed E-state index contributed by atoms with van der Waals surface area (Å²) in [7, 11) is 0. The molecule has 0 spiro atoms. The van der Waals surface area contributed by atoms with E-state index in [4.69, 9.17) is 19.9 Å². The molecule has 0 aromatic carbocycles. The van der Waals surface area contributed by atoms with Crippen LogP contribution >= 0.6 is 0 Å². The summed E-state index contributed by atoms with van der Waals surface area (Å²) in [5, 5.41) is 35.3. The van der Waals surface area contributed by atoms with E-state index < -0.39 is 42.3 Å². The van der Waals surface area contributed by atoms with E-state index in [9.17, 15) is 20.3 Å². The van der Waals surface area contributed by atoms with Crippen molar-refractivity contribution >= 4 is 17.5 Å². The lowest BCUT2D eigenvalue weighted by Gasteiger charge is -2.28. The van der Waals surface area contributed by atoms with Crippen molar-refractivity contribution in [3.63, 3.8) is 0 Å². The number of carbonyl (C=O) groups is 1. The molecular formula is C21H27N5O6. The normalized spacial score (nSPS) is 29.9. The second-order valence-electron chi connectivity index (χ2n) is 8.63.